The van der Waals surface area contributed by atoms with Gasteiger partial charge in [0.05, 0.1) is 23.6 Å². The van der Waals surface area contributed by atoms with Crippen molar-refractivity contribution in [3.8, 4) is 5.75 Å². The van der Waals surface area contributed by atoms with Gasteiger partial charge in [-0.1, -0.05) is 18.2 Å². The summed E-state index contributed by atoms with van der Waals surface area (Å²) in [6.45, 7) is 2.28. The molecular weight excluding hydrogens is 385 g/mol. The summed E-state index contributed by atoms with van der Waals surface area (Å²) in [6.07, 6.45) is 1.07. The Labute approximate surface area is 162 Å². The molecule has 2 aliphatic rings. The molecule has 148 valence electrons. The van der Waals surface area contributed by atoms with Crippen LogP contribution in [-0.2, 0) is 20.4 Å². The SMILES string of the molecule is CCOc1ccc(S(=O)(=O)N2CCCC3(C2)OC(=O)c2ccccc23)cc1F. The fraction of sp³-hybridized carbons (Fsp3) is 0.350. The lowest BCUT2D eigenvalue weighted by molar-refractivity contribution is -0.0345. The van der Waals surface area contributed by atoms with Crippen molar-refractivity contribution >= 4 is 16.0 Å². The summed E-state index contributed by atoms with van der Waals surface area (Å²) < 4.78 is 52.5. The molecule has 0 aromatic heterocycles. The number of rotatable bonds is 4. The number of carbonyl (C=O) groups is 1. The minimum absolute atomic E-state index is 0.00686. The number of nitrogens with zero attached hydrogens (tertiary/aromatic N) is 1. The van der Waals surface area contributed by atoms with Gasteiger partial charge in [0.25, 0.3) is 0 Å². The third-order valence-electron chi connectivity index (χ3n) is 5.19. The lowest BCUT2D eigenvalue weighted by atomic mass is 9.86. The predicted octanol–water partition coefficient (Wildman–Crippen LogP) is 3.07. The first-order chi connectivity index (χ1) is 13.4. The van der Waals surface area contributed by atoms with E-state index >= 15 is 0 Å². The summed E-state index contributed by atoms with van der Waals surface area (Å²) in [5.41, 5.74) is 0.176. The van der Waals surface area contributed by atoms with E-state index in [2.05, 4.69) is 0 Å². The summed E-state index contributed by atoms with van der Waals surface area (Å²) in [5, 5.41) is 0. The Bertz CT molecular complexity index is 1040. The third-order valence-corrected chi connectivity index (χ3v) is 7.03. The van der Waals surface area contributed by atoms with Crippen LogP contribution in [0.15, 0.2) is 47.4 Å². The summed E-state index contributed by atoms with van der Waals surface area (Å²) in [5.74, 6) is -1.16. The van der Waals surface area contributed by atoms with Gasteiger partial charge in [0, 0.05) is 12.1 Å². The van der Waals surface area contributed by atoms with Crippen molar-refractivity contribution in [2.24, 2.45) is 0 Å². The average Bonchev–Trinajstić information content (AvgIpc) is 2.95. The molecule has 1 spiro atoms. The van der Waals surface area contributed by atoms with Crippen LogP contribution in [0.3, 0.4) is 0 Å². The van der Waals surface area contributed by atoms with Crippen LogP contribution >= 0.6 is 0 Å². The molecule has 2 aromatic rings. The summed E-state index contributed by atoms with van der Waals surface area (Å²) in [4.78, 5) is 12.1. The second-order valence-corrected chi connectivity index (χ2v) is 8.83. The Hall–Kier alpha value is -2.45. The Morgan fingerprint density at radius 3 is 2.79 bits per heavy atom. The molecule has 1 unspecified atom stereocenters. The monoisotopic (exact) mass is 405 g/mol. The first-order valence-electron chi connectivity index (χ1n) is 9.13. The number of halogens is 1. The maximum Gasteiger partial charge on any atom is 0.339 e. The van der Waals surface area contributed by atoms with Crippen molar-refractivity contribution in [1.82, 2.24) is 4.31 Å². The van der Waals surface area contributed by atoms with E-state index in [1.54, 1.807) is 31.2 Å². The van der Waals surface area contributed by atoms with Gasteiger partial charge in [0.15, 0.2) is 17.2 Å². The summed E-state index contributed by atoms with van der Waals surface area (Å²) in [6, 6.07) is 10.7. The molecule has 28 heavy (non-hydrogen) atoms. The molecule has 0 amide bonds. The molecule has 0 radical (unpaired) electrons. The Balaban J connectivity index is 1.67. The zero-order chi connectivity index (χ0) is 19.9. The van der Waals surface area contributed by atoms with E-state index in [0.717, 1.165) is 6.07 Å². The van der Waals surface area contributed by atoms with Gasteiger partial charge in [-0.15, -0.1) is 0 Å². The molecule has 0 saturated carbocycles. The second-order valence-electron chi connectivity index (χ2n) is 6.90. The number of hydrogen-bond acceptors (Lipinski definition) is 5. The van der Waals surface area contributed by atoms with Crippen molar-refractivity contribution < 1.29 is 27.1 Å². The van der Waals surface area contributed by atoms with E-state index in [1.165, 1.54) is 16.4 Å². The number of carbonyl (C=O) groups excluding carboxylic acids is 1. The highest BCUT2D eigenvalue weighted by Crippen LogP contribution is 2.43. The highest BCUT2D eigenvalue weighted by Gasteiger charge is 2.50. The number of fused-ring (bicyclic) bond motifs is 2. The molecule has 2 aliphatic heterocycles. The number of hydrogen-bond donors (Lipinski definition) is 0. The number of benzene rings is 2. The molecule has 1 atom stereocenters. The van der Waals surface area contributed by atoms with Crippen molar-refractivity contribution in [3.05, 3.63) is 59.4 Å². The van der Waals surface area contributed by atoms with Gasteiger partial charge < -0.3 is 9.47 Å². The fourth-order valence-corrected chi connectivity index (χ4v) is 5.44. The summed E-state index contributed by atoms with van der Waals surface area (Å²) in [7, 11) is -3.95. The number of esters is 1. The van der Waals surface area contributed by atoms with Gasteiger partial charge in [0.2, 0.25) is 10.0 Å². The first kappa shape index (κ1) is 18.9. The van der Waals surface area contributed by atoms with Gasteiger partial charge in [0.1, 0.15) is 0 Å². The fourth-order valence-electron chi connectivity index (χ4n) is 3.90. The maximum absolute atomic E-state index is 14.2. The smallest absolute Gasteiger partial charge is 0.339 e. The van der Waals surface area contributed by atoms with E-state index in [1.807, 2.05) is 0 Å². The van der Waals surface area contributed by atoms with Gasteiger partial charge in [-0.3, -0.25) is 0 Å². The normalized spacial score (nSPS) is 22.1. The Kier molecular flexibility index (Phi) is 4.63. The first-order valence-corrected chi connectivity index (χ1v) is 10.6. The predicted molar refractivity (Wildman–Crippen MR) is 99.1 cm³/mol. The standard InChI is InChI=1S/C20H20FNO5S/c1-2-26-18-9-8-14(12-17(18)21)28(24,25)22-11-5-10-20(13-22)16-7-4-3-6-15(16)19(23)27-20/h3-4,6-9,12H,2,5,10-11,13H2,1H3. The van der Waals surface area contributed by atoms with Gasteiger partial charge >= 0.3 is 5.97 Å². The van der Waals surface area contributed by atoms with E-state index in [9.17, 15) is 17.6 Å². The molecule has 0 bridgehead atoms. The van der Waals surface area contributed by atoms with Crippen molar-refractivity contribution in [2.75, 3.05) is 19.7 Å². The van der Waals surface area contributed by atoms with E-state index in [4.69, 9.17) is 9.47 Å². The lowest BCUT2D eigenvalue weighted by Crippen LogP contribution is -2.48. The molecule has 2 aromatic carbocycles. The quantitative estimate of drug-likeness (QED) is 0.731. The van der Waals surface area contributed by atoms with Crippen molar-refractivity contribution in [1.29, 1.82) is 0 Å². The van der Waals surface area contributed by atoms with Gasteiger partial charge in [-0.2, -0.15) is 4.31 Å². The van der Waals surface area contributed by atoms with E-state index in [0.29, 0.717) is 24.0 Å². The molecule has 8 heteroatoms. The van der Waals surface area contributed by atoms with Crippen molar-refractivity contribution in [3.63, 3.8) is 0 Å². The van der Waals surface area contributed by atoms with Crippen LogP contribution in [0.5, 0.6) is 5.75 Å². The van der Waals surface area contributed by atoms with Crippen LogP contribution in [0, 0.1) is 5.82 Å². The zero-order valence-electron chi connectivity index (χ0n) is 15.4. The number of sulfonamides is 1. The molecule has 1 saturated heterocycles. The molecule has 0 aliphatic carbocycles. The van der Waals surface area contributed by atoms with Gasteiger partial charge in [-0.25, -0.2) is 17.6 Å². The summed E-state index contributed by atoms with van der Waals surface area (Å²) >= 11 is 0. The van der Waals surface area contributed by atoms with Gasteiger partial charge in [-0.05, 0) is 44.0 Å². The topological polar surface area (TPSA) is 72.9 Å². The minimum Gasteiger partial charge on any atom is -0.491 e. The molecule has 4 rings (SSSR count). The Morgan fingerprint density at radius 2 is 2.04 bits per heavy atom. The molecule has 1 fully saturated rings. The minimum atomic E-state index is -3.95. The highest BCUT2D eigenvalue weighted by molar-refractivity contribution is 7.89. The second kappa shape index (κ2) is 6.86. The van der Waals surface area contributed by atoms with Crippen LogP contribution < -0.4 is 4.74 Å². The van der Waals surface area contributed by atoms with Crippen molar-refractivity contribution in [2.45, 2.75) is 30.3 Å². The van der Waals surface area contributed by atoms with E-state index < -0.39 is 27.4 Å². The molecule has 6 nitrogen and oxygen atoms in total. The maximum atomic E-state index is 14.2. The lowest BCUT2D eigenvalue weighted by Gasteiger charge is -2.38. The third kappa shape index (κ3) is 2.97. The number of piperidine rings is 1. The molecular formula is C20H20FNO5S. The Morgan fingerprint density at radius 1 is 1.25 bits per heavy atom. The average molecular weight is 405 g/mol. The largest absolute Gasteiger partial charge is 0.491 e. The van der Waals surface area contributed by atoms with Crippen LogP contribution in [0.1, 0.15) is 35.7 Å². The molecule has 2 heterocycles. The van der Waals surface area contributed by atoms with E-state index in [-0.39, 0.29) is 30.3 Å². The number of ether oxygens (including phenoxy) is 2. The van der Waals surface area contributed by atoms with Crippen LogP contribution in [0.4, 0.5) is 4.39 Å². The highest BCUT2D eigenvalue weighted by atomic mass is 32.2. The van der Waals surface area contributed by atoms with Crippen LogP contribution in [0.25, 0.3) is 0 Å². The van der Waals surface area contributed by atoms with Crippen LogP contribution in [0.2, 0.25) is 0 Å². The molecule has 0 N–H and O–H groups in total. The van der Waals surface area contributed by atoms with Crippen LogP contribution in [-0.4, -0.2) is 38.4 Å². The zero-order valence-corrected chi connectivity index (χ0v) is 16.2.